The van der Waals surface area contributed by atoms with Gasteiger partial charge in [-0.25, -0.2) is 0 Å². The van der Waals surface area contributed by atoms with Gasteiger partial charge in [-0.1, -0.05) is 0 Å². The van der Waals surface area contributed by atoms with Crippen LogP contribution in [0, 0.1) is 0 Å². The van der Waals surface area contributed by atoms with E-state index in [-0.39, 0.29) is 24.0 Å². The molecule has 0 aromatic carbocycles. The summed E-state index contributed by atoms with van der Waals surface area (Å²) in [5.41, 5.74) is 4.95. The van der Waals surface area contributed by atoms with Crippen LogP contribution in [0.2, 0.25) is 0 Å². The van der Waals surface area contributed by atoms with E-state index >= 15 is 0 Å². The average Bonchev–Trinajstić information content (AvgIpc) is 2.13. The average molecular weight is 234 g/mol. The SMILES string of the molecule is CCN(CC(N)=O)C(=O)CSCC(=O)O. The number of likely N-dealkylation sites (N-methyl/N-ethyl adjacent to an activating group) is 1. The molecule has 15 heavy (non-hydrogen) atoms. The fourth-order valence-electron chi connectivity index (χ4n) is 0.881. The quantitative estimate of drug-likeness (QED) is 0.597. The minimum Gasteiger partial charge on any atom is -0.481 e. The second kappa shape index (κ2) is 7.10. The molecule has 0 spiro atoms. The van der Waals surface area contributed by atoms with Crippen molar-refractivity contribution in [2.45, 2.75) is 6.92 Å². The number of carboxylic acids is 1. The number of nitrogens with two attached hydrogens (primary N) is 1. The lowest BCUT2D eigenvalue weighted by atomic mass is 10.4. The third kappa shape index (κ3) is 6.78. The lowest BCUT2D eigenvalue weighted by Gasteiger charge is -2.18. The Bertz CT molecular complexity index is 257. The van der Waals surface area contributed by atoms with Gasteiger partial charge in [0.2, 0.25) is 11.8 Å². The molecule has 0 rings (SSSR count). The smallest absolute Gasteiger partial charge is 0.313 e. The molecule has 7 heteroatoms. The first kappa shape index (κ1) is 13.8. The van der Waals surface area contributed by atoms with Gasteiger partial charge in [-0.2, -0.15) is 0 Å². The lowest BCUT2D eigenvalue weighted by Crippen LogP contribution is -2.39. The van der Waals surface area contributed by atoms with Crippen molar-refractivity contribution in [1.82, 2.24) is 4.90 Å². The molecule has 0 aliphatic rings. The monoisotopic (exact) mass is 234 g/mol. The van der Waals surface area contributed by atoms with E-state index in [4.69, 9.17) is 10.8 Å². The Hall–Kier alpha value is -1.24. The van der Waals surface area contributed by atoms with E-state index in [1.807, 2.05) is 0 Å². The number of hydrogen-bond donors (Lipinski definition) is 2. The van der Waals surface area contributed by atoms with Gasteiger partial charge in [-0.05, 0) is 6.92 Å². The number of rotatable bonds is 7. The van der Waals surface area contributed by atoms with E-state index in [1.165, 1.54) is 4.90 Å². The molecule has 0 saturated heterocycles. The van der Waals surface area contributed by atoms with Gasteiger partial charge in [0.1, 0.15) is 0 Å². The molecule has 0 radical (unpaired) electrons. The third-order valence-electron chi connectivity index (χ3n) is 1.53. The van der Waals surface area contributed by atoms with Gasteiger partial charge in [-0.3, -0.25) is 14.4 Å². The van der Waals surface area contributed by atoms with E-state index in [0.717, 1.165) is 11.8 Å². The second-order valence-electron chi connectivity index (χ2n) is 2.76. The Kier molecular flexibility index (Phi) is 6.52. The van der Waals surface area contributed by atoms with Crippen LogP contribution in [0.4, 0.5) is 0 Å². The maximum Gasteiger partial charge on any atom is 0.313 e. The van der Waals surface area contributed by atoms with Gasteiger partial charge in [-0.15, -0.1) is 11.8 Å². The van der Waals surface area contributed by atoms with Crippen LogP contribution < -0.4 is 5.73 Å². The van der Waals surface area contributed by atoms with Crippen molar-refractivity contribution >= 4 is 29.5 Å². The van der Waals surface area contributed by atoms with E-state index < -0.39 is 11.9 Å². The van der Waals surface area contributed by atoms with Crippen molar-refractivity contribution in [3.8, 4) is 0 Å². The number of amides is 2. The summed E-state index contributed by atoms with van der Waals surface area (Å²) < 4.78 is 0. The van der Waals surface area contributed by atoms with Crippen molar-refractivity contribution in [3.63, 3.8) is 0 Å². The normalized spacial score (nSPS) is 9.67. The Balaban J connectivity index is 3.93. The Morgan fingerprint density at radius 3 is 2.33 bits per heavy atom. The molecule has 0 saturated carbocycles. The standard InChI is InChI=1S/C8H14N2O4S/c1-2-10(3-6(9)11)7(12)4-15-5-8(13)14/h2-5H2,1H3,(H2,9,11)(H,13,14). The molecule has 0 bridgehead atoms. The summed E-state index contributed by atoms with van der Waals surface area (Å²) in [6.07, 6.45) is 0. The molecule has 0 aromatic heterocycles. The highest BCUT2D eigenvalue weighted by Gasteiger charge is 2.13. The van der Waals surface area contributed by atoms with Gasteiger partial charge < -0.3 is 15.7 Å². The van der Waals surface area contributed by atoms with Crippen LogP contribution in [0.15, 0.2) is 0 Å². The number of aliphatic carboxylic acids is 1. The number of hydrogen-bond acceptors (Lipinski definition) is 4. The maximum absolute atomic E-state index is 11.4. The Morgan fingerprint density at radius 1 is 1.33 bits per heavy atom. The maximum atomic E-state index is 11.4. The van der Waals surface area contributed by atoms with Crippen molar-refractivity contribution < 1.29 is 19.5 Å². The summed E-state index contributed by atoms with van der Waals surface area (Å²) in [4.78, 5) is 33.4. The number of carbonyl (C=O) groups is 3. The number of carboxylic acid groups (broad SMARTS) is 1. The summed E-state index contributed by atoms with van der Waals surface area (Å²) in [6.45, 7) is 1.99. The molecular weight excluding hydrogens is 220 g/mol. The summed E-state index contributed by atoms with van der Waals surface area (Å²) in [5, 5.41) is 8.35. The number of carbonyl (C=O) groups excluding carboxylic acids is 2. The first-order chi connectivity index (χ1) is 6.97. The molecule has 0 atom stereocenters. The van der Waals surface area contributed by atoms with E-state index in [9.17, 15) is 14.4 Å². The Labute approximate surface area is 91.8 Å². The first-order valence-electron chi connectivity index (χ1n) is 4.33. The van der Waals surface area contributed by atoms with Crippen molar-refractivity contribution in [1.29, 1.82) is 0 Å². The van der Waals surface area contributed by atoms with E-state index in [1.54, 1.807) is 6.92 Å². The molecule has 2 amide bonds. The summed E-state index contributed by atoms with van der Waals surface area (Å²) in [6, 6.07) is 0. The molecule has 0 fully saturated rings. The van der Waals surface area contributed by atoms with Crippen LogP contribution in [-0.4, -0.2) is 52.4 Å². The Morgan fingerprint density at radius 2 is 1.93 bits per heavy atom. The van der Waals surface area contributed by atoms with Crippen LogP contribution in [-0.2, 0) is 14.4 Å². The highest BCUT2D eigenvalue weighted by molar-refractivity contribution is 8.00. The molecule has 0 heterocycles. The number of thioether (sulfide) groups is 1. The van der Waals surface area contributed by atoms with Crippen molar-refractivity contribution in [3.05, 3.63) is 0 Å². The summed E-state index contributed by atoms with van der Waals surface area (Å²) in [5.74, 6) is -1.89. The first-order valence-corrected chi connectivity index (χ1v) is 5.48. The zero-order chi connectivity index (χ0) is 11.8. The third-order valence-corrected chi connectivity index (χ3v) is 2.43. The van der Waals surface area contributed by atoms with Crippen LogP contribution in [0.3, 0.4) is 0 Å². The molecule has 3 N–H and O–H groups in total. The minimum absolute atomic E-state index is 0.0490. The predicted molar refractivity (Wildman–Crippen MR) is 56.4 cm³/mol. The lowest BCUT2D eigenvalue weighted by molar-refractivity contribution is -0.134. The highest BCUT2D eigenvalue weighted by atomic mass is 32.2. The zero-order valence-electron chi connectivity index (χ0n) is 8.43. The fraction of sp³-hybridized carbons (Fsp3) is 0.625. The fourth-order valence-corrected chi connectivity index (χ4v) is 1.52. The minimum atomic E-state index is -0.967. The summed E-state index contributed by atoms with van der Waals surface area (Å²) in [7, 11) is 0. The second-order valence-corrected chi connectivity index (χ2v) is 3.75. The largest absolute Gasteiger partial charge is 0.481 e. The van der Waals surface area contributed by atoms with Gasteiger partial charge in [0.05, 0.1) is 18.1 Å². The van der Waals surface area contributed by atoms with Gasteiger partial charge in [0, 0.05) is 6.54 Å². The number of primary amides is 1. The van der Waals surface area contributed by atoms with Gasteiger partial charge in [0.15, 0.2) is 0 Å². The highest BCUT2D eigenvalue weighted by Crippen LogP contribution is 2.02. The molecule has 0 aliphatic carbocycles. The number of nitrogens with zero attached hydrogens (tertiary/aromatic N) is 1. The summed E-state index contributed by atoms with van der Waals surface area (Å²) >= 11 is 0.997. The van der Waals surface area contributed by atoms with Gasteiger partial charge >= 0.3 is 5.97 Å². The van der Waals surface area contributed by atoms with E-state index in [0.29, 0.717) is 6.54 Å². The van der Waals surface area contributed by atoms with Crippen LogP contribution in [0.5, 0.6) is 0 Å². The van der Waals surface area contributed by atoms with Crippen molar-refractivity contribution in [2.75, 3.05) is 24.6 Å². The van der Waals surface area contributed by atoms with Gasteiger partial charge in [0.25, 0.3) is 0 Å². The van der Waals surface area contributed by atoms with Crippen LogP contribution in [0.25, 0.3) is 0 Å². The molecule has 0 aliphatic heterocycles. The molecule has 86 valence electrons. The molecule has 0 aromatic rings. The van der Waals surface area contributed by atoms with E-state index in [2.05, 4.69) is 0 Å². The van der Waals surface area contributed by atoms with Crippen molar-refractivity contribution in [2.24, 2.45) is 5.73 Å². The molecule has 6 nitrogen and oxygen atoms in total. The predicted octanol–water partition coefficient (Wildman–Crippen LogP) is -0.862. The molecule has 0 unspecified atom stereocenters. The zero-order valence-corrected chi connectivity index (χ0v) is 9.25. The molecular formula is C8H14N2O4S. The van der Waals surface area contributed by atoms with Crippen LogP contribution in [0.1, 0.15) is 6.92 Å². The topological polar surface area (TPSA) is 101 Å². The van der Waals surface area contributed by atoms with Crippen LogP contribution >= 0.6 is 11.8 Å².